The lowest BCUT2D eigenvalue weighted by atomic mass is 9.91. The largest absolute Gasteiger partial charge is 0.355 e. The van der Waals surface area contributed by atoms with Gasteiger partial charge in [-0.15, -0.1) is 0 Å². The van der Waals surface area contributed by atoms with Crippen molar-refractivity contribution in [1.29, 1.82) is 0 Å². The molecule has 4 aromatic carbocycles. The molecule has 2 atom stereocenters. The lowest BCUT2D eigenvalue weighted by molar-refractivity contribution is 0.454. The van der Waals surface area contributed by atoms with Crippen LogP contribution in [-0.2, 0) is 0 Å². The molecule has 1 N–H and O–H groups in total. The van der Waals surface area contributed by atoms with E-state index < -0.39 is 0 Å². The Labute approximate surface area is 178 Å². The maximum Gasteiger partial charge on any atom is 0.106 e. The number of hydrogen-bond donors (Lipinski definition) is 1. The zero-order chi connectivity index (χ0) is 20.5. The van der Waals surface area contributed by atoms with Gasteiger partial charge in [0.15, 0.2) is 0 Å². The van der Waals surface area contributed by atoms with E-state index in [1.807, 2.05) is 0 Å². The maximum atomic E-state index is 3.90. The van der Waals surface area contributed by atoms with Gasteiger partial charge >= 0.3 is 0 Å². The summed E-state index contributed by atoms with van der Waals surface area (Å²) >= 11 is 0. The molecule has 0 radical (unpaired) electrons. The van der Waals surface area contributed by atoms with Gasteiger partial charge in [0.2, 0.25) is 0 Å². The van der Waals surface area contributed by atoms with Crippen molar-refractivity contribution in [2.75, 3.05) is 11.9 Å². The number of nitrogens with zero attached hydrogens (tertiary/aromatic N) is 1. The fourth-order valence-corrected chi connectivity index (χ4v) is 4.39. The molecule has 30 heavy (non-hydrogen) atoms. The molecular formula is C28H26N2. The fourth-order valence-electron chi connectivity index (χ4n) is 4.39. The van der Waals surface area contributed by atoms with Crippen LogP contribution in [0.4, 0.5) is 5.69 Å². The monoisotopic (exact) mass is 390 g/mol. The quantitative estimate of drug-likeness (QED) is 0.430. The Hall–Kier alpha value is -3.36. The average Bonchev–Trinajstić information content (AvgIpc) is 2.81. The first-order chi connectivity index (χ1) is 14.7. The van der Waals surface area contributed by atoms with E-state index >= 15 is 0 Å². The highest BCUT2D eigenvalue weighted by molar-refractivity contribution is 5.65. The van der Waals surface area contributed by atoms with E-state index in [-0.39, 0.29) is 12.2 Å². The number of rotatable bonds is 3. The van der Waals surface area contributed by atoms with Crippen LogP contribution in [0.15, 0.2) is 103 Å². The molecular weight excluding hydrogens is 364 g/mol. The first-order valence-electron chi connectivity index (χ1n) is 10.5. The molecule has 0 spiro atoms. The molecule has 2 heteroatoms. The van der Waals surface area contributed by atoms with Crippen LogP contribution in [0.1, 0.15) is 34.5 Å². The summed E-state index contributed by atoms with van der Waals surface area (Å²) in [7, 11) is 2.17. The molecule has 0 aliphatic carbocycles. The van der Waals surface area contributed by atoms with Gasteiger partial charge in [-0.25, -0.2) is 0 Å². The van der Waals surface area contributed by atoms with Gasteiger partial charge in [0.05, 0.1) is 6.04 Å². The first-order valence-corrected chi connectivity index (χ1v) is 10.5. The van der Waals surface area contributed by atoms with Gasteiger partial charge in [0.25, 0.3) is 0 Å². The predicted octanol–water partition coefficient (Wildman–Crippen LogP) is 6.49. The SMILES string of the molecule is Cc1ccc(C2NC(c3ccc(-c4ccccc4)cc3)c3ccccc3N2C)cc1. The summed E-state index contributed by atoms with van der Waals surface area (Å²) in [5.41, 5.74) is 8.94. The number of nitrogens with one attached hydrogen (secondary N) is 1. The Morgan fingerprint density at radius 1 is 0.633 bits per heavy atom. The molecule has 4 aromatic rings. The predicted molar refractivity (Wildman–Crippen MR) is 126 cm³/mol. The maximum absolute atomic E-state index is 3.90. The highest BCUT2D eigenvalue weighted by atomic mass is 15.3. The van der Waals surface area contributed by atoms with Crippen molar-refractivity contribution in [2.24, 2.45) is 0 Å². The van der Waals surface area contributed by atoms with Crippen LogP contribution in [-0.4, -0.2) is 7.05 Å². The van der Waals surface area contributed by atoms with Gasteiger partial charge in [-0.3, -0.25) is 5.32 Å². The van der Waals surface area contributed by atoms with Gasteiger partial charge < -0.3 is 4.90 Å². The average molecular weight is 391 g/mol. The van der Waals surface area contributed by atoms with Crippen LogP contribution in [0.3, 0.4) is 0 Å². The van der Waals surface area contributed by atoms with Gasteiger partial charge in [0, 0.05) is 12.7 Å². The molecule has 1 heterocycles. The molecule has 0 saturated carbocycles. The molecule has 148 valence electrons. The molecule has 0 bridgehead atoms. The molecule has 1 aliphatic heterocycles. The zero-order valence-corrected chi connectivity index (χ0v) is 17.4. The number of para-hydroxylation sites is 1. The second kappa shape index (κ2) is 7.81. The van der Waals surface area contributed by atoms with E-state index in [1.54, 1.807) is 0 Å². The van der Waals surface area contributed by atoms with Crippen molar-refractivity contribution in [3.05, 3.63) is 125 Å². The standard InChI is InChI=1S/C28H26N2/c1-20-12-14-24(15-13-20)28-29-27(25-10-6-7-11-26(25)30(28)2)23-18-16-22(17-19-23)21-8-4-3-5-9-21/h3-19,27-29H,1-2H3. The second-order valence-electron chi connectivity index (χ2n) is 8.07. The molecule has 2 unspecified atom stereocenters. The minimum Gasteiger partial charge on any atom is -0.355 e. The van der Waals surface area contributed by atoms with Crippen LogP contribution in [0.2, 0.25) is 0 Å². The third-order valence-corrected chi connectivity index (χ3v) is 6.08. The van der Waals surface area contributed by atoms with Gasteiger partial charge in [-0.05, 0) is 40.8 Å². The Bertz CT molecular complexity index is 1130. The number of fused-ring (bicyclic) bond motifs is 1. The van der Waals surface area contributed by atoms with E-state index in [2.05, 4.69) is 127 Å². The number of anilines is 1. The van der Waals surface area contributed by atoms with Crippen molar-refractivity contribution >= 4 is 5.69 Å². The van der Waals surface area contributed by atoms with E-state index in [0.717, 1.165) is 0 Å². The summed E-state index contributed by atoms with van der Waals surface area (Å²) < 4.78 is 0. The summed E-state index contributed by atoms with van der Waals surface area (Å²) in [6.45, 7) is 2.13. The molecule has 0 amide bonds. The van der Waals surface area contributed by atoms with Crippen molar-refractivity contribution in [2.45, 2.75) is 19.1 Å². The summed E-state index contributed by atoms with van der Waals surface area (Å²) in [6.07, 6.45) is 0.124. The summed E-state index contributed by atoms with van der Waals surface area (Å²) in [5, 5.41) is 3.90. The number of hydrogen-bond acceptors (Lipinski definition) is 2. The summed E-state index contributed by atoms with van der Waals surface area (Å²) in [4.78, 5) is 2.34. The third kappa shape index (κ3) is 3.40. The Kier molecular flexibility index (Phi) is 4.86. The minimum atomic E-state index is 0.124. The molecule has 0 saturated heterocycles. The van der Waals surface area contributed by atoms with Crippen molar-refractivity contribution in [3.8, 4) is 11.1 Å². The summed E-state index contributed by atoms with van der Waals surface area (Å²) in [5.74, 6) is 0. The van der Waals surface area contributed by atoms with E-state index in [9.17, 15) is 0 Å². The Balaban J connectivity index is 1.53. The lowest BCUT2D eigenvalue weighted by Crippen LogP contribution is -2.43. The Morgan fingerprint density at radius 2 is 1.23 bits per heavy atom. The second-order valence-corrected chi connectivity index (χ2v) is 8.07. The first kappa shape index (κ1) is 18.7. The van der Waals surface area contributed by atoms with E-state index in [1.165, 1.54) is 39.1 Å². The third-order valence-electron chi connectivity index (χ3n) is 6.08. The molecule has 2 nitrogen and oxygen atoms in total. The highest BCUT2D eigenvalue weighted by Gasteiger charge is 2.31. The van der Waals surface area contributed by atoms with Crippen LogP contribution < -0.4 is 10.2 Å². The molecule has 1 aliphatic rings. The molecule has 0 aromatic heterocycles. The van der Waals surface area contributed by atoms with Crippen molar-refractivity contribution in [3.63, 3.8) is 0 Å². The summed E-state index contributed by atoms with van der Waals surface area (Å²) in [6, 6.07) is 37.2. The van der Waals surface area contributed by atoms with Gasteiger partial charge in [0.1, 0.15) is 6.17 Å². The number of benzene rings is 4. The van der Waals surface area contributed by atoms with Gasteiger partial charge in [-0.1, -0.05) is 103 Å². The van der Waals surface area contributed by atoms with Crippen LogP contribution in [0.25, 0.3) is 11.1 Å². The zero-order valence-electron chi connectivity index (χ0n) is 17.4. The van der Waals surface area contributed by atoms with Crippen LogP contribution in [0.5, 0.6) is 0 Å². The Morgan fingerprint density at radius 3 is 1.97 bits per heavy atom. The highest BCUT2D eigenvalue weighted by Crippen LogP contribution is 2.40. The molecule has 5 rings (SSSR count). The smallest absolute Gasteiger partial charge is 0.106 e. The van der Waals surface area contributed by atoms with Crippen LogP contribution >= 0.6 is 0 Å². The van der Waals surface area contributed by atoms with Crippen molar-refractivity contribution < 1.29 is 0 Å². The van der Waals surface area contributed by atoms with E-state index in [4.69, 9.17) is 0 Å². The van der Waals surface area contributed by atoms with E-state index in [0.29, 0.717) is 0 Å². The minimum absolute atomic E-state index is 0.124. The van der Waals surface area contributed by atoms with Gasteiger partial charge in [-0.2, -0.15) is 0 Å². The van der Waals surface area contributed by atoms with Crippen molar-refractivity contribution in [1.82, 2.24) is 5.32 Å². The normalized spacial score (nSPS) is 18.1. The number of aryl methyl sites for hydroxylation is 1. The fraction of sp³-hybridized carbons (Fsp3) is 0.143. The lowest BCUT2D eigenvalue weighted by Gasteiger charge is -2.41. The molecule has 0 fully saturated rings. The topological polar surface area (TPSA) is 15.3 Å². The van der Waals surface area contributed by atoms with Crippen LogP contribution in [0, 0.1) is 6.92 Å².